The van der Waals surface area contributed by atoms with E-state index in [9.17, 15) is 9.59 Å². The van der Waals surface area contributed by atoms with Gasteiger partial charge in [0.05, 0.1) is 0 Å². The molecule has 0 aromatic heterocycles. The average Bonchev–Trinajstić information content (AvgIpc) is 2.13. The minimum Gasteiger partial charge on any atom is -0.296 e. The monoisotopic (exact) mass is 237 g/mol. The van der Waals surface area contributed by atoms with Gasteiger partial charge in [-0.2, -0.15) is 0 Å². The Morgan fingerprint density at radius 1 is 1.24 bits per heavy atom. The summed E-state index contributed by atoms with van der Waals surface area (Å²) in [7, 11) is 0. The lowest BCUT2D eigenvalue weighted by Gasteiger charge is -2.48. The molecule has 0 aromatic carbocycles. The van der Waals surface area contributed by atoms with Crippen LogP contribution in [-0.2, 0) is 9.59 Å². The van der Waals surface area contributed by atoms with E-state index in [1.54, 1.807) is 0 Å². The second-order valence-electron chi connectivity index (χ2n) is 6.27. The van der Waals surface area contributed by atoms with E-state index in [0.29, 0.717) is 18.3 Å². The molecule has 96 valence electrons. The largest absolute Gasteiger partial charge is 0.296 e. The summed E-state index contributed by atoms with van der Waals surface area (Å²) in [6.07, 6.45) is 4.70. The van der Waals surface area contributed by atoms with E-state index in [4.69, 9.17) is 0 Å². The molecule has 3 unspecified atom stereocenters. The minimum absolute atomic E-state index is 0.0328. The van der Waals surface area contributed by atoms with Gasteiger partial charge < -0.3 is 0 Å². The van der Waals surface area contributed by atoms with Gasteiger partial charge in [-0.25, -0.2) is 0 Å². The van der Waals surface area contributed by atoms with Crippen LogP contribution in [0.2, 0.25) is 0 Å². The lowest BCUT2D eigenvalue weighted by molar-refractivity contribution is -0.147. The van der Waals surface area contributed by atoms with Gasteiger partial charge in [0.1, 0.15) is 0 Å². The van der Waals surface area contributed by atoms with Crippen molar-refractivity contribution >= 4 is 11.8 Å². The Bertz CT molecular complexity index is 327. The topological polar surface area (TPSA) is 46.2 Å². The number of rotatable bonds is 1. The molecule has 3 heteroatoms. The number of amides is 2. The Morgan fingerprint density at radius 2 is 1.82 bits per heavy atom. The molecule has 1 N–H and O–H groups in total. The van der Waals surface area contributed by atoms with E-state index in [1.165, 1.54) is 6.42 Å². The summed E-state index contributed by atoms with van der Waals surface area (Å²) in [4.78, 5) is 23.7. The molecule has 2 rings (SSSR count). The van der Waals surface area contributed by atoms with Crippen LogP contribution in [0.25, 0.3) is 0 Å². The van der Waals surface area contributed by atoms with E-state index >= 15 is 0 Å². The fourth-order valence-electron chi connectivity index (χ4n) is 4.36. The van der Waals surface area contributed by atoms with E-state index in [-0.39, 0.29) is 23.1 Å². The van der Waals surface area contributed by atoms with Crippen LogP contribution in [0, 0.1) is 23.2 Å². The Kier molecular flexibility index (Phi) is 3.28. The zero-order valence-corrected chi connectivity index (χ0v) is 11.1. The summed E-state index contributed by atoms with van der Waals surface area (Å²) in [5, 5.41) is 2.50. The summed E-state index contributed by atoms with van der Waals surface area (Å²) in [6.45, 7) is 6.56. The first-order valence-electron chi connectivity index (χ1n) is 6.80. The van der Waals surface area contributed by atoms with E-state index in [2.05, 4.69) is 26.1 Å². The zero-order valence-electron chi connectivity index (χ0n) is 11.1. The predicted octanol–water partition coefficient (Wildman–Crippen LogP) is 2.50. The van der Waals surface area contributed by atoms with Gasteiger partial charge in [0.2, 0.25) is 11.8 Å². The maximum absolute atomic E-state index is 12.0. The molecule has 0 aromatic rings. The number of hydrogen-bond donors (Lipinski definition) is 1. The Morgan fingerprint density at radius 3 is 2.35 bits per heavy atom. The summed E-state index contributed by atoms with van der Waals surface area (Å²) in [6, 6.07) is 0. The first-order chi connectivity index (χ1) is 7.97. The molecule has 2 aliphatic rings. The van der Waals surface area contributed by atoms with Crippen LogP contribution >= 0.6 is 0 Å². The third kappa shape index (κ3) is 2.24. The van der Waals surface area contributed by atoms with Crippen LogP contribution < -0.4 is 5.32 Å². The van der Waals surface area contributed by atoms with Gasteiger partial charge in [-0.3, -0.25) is 14.9 Å². The second-order valence-corrected chi connectivity index (χ2v) is 6.27. The van der Waals surface area contributed by atoms with Crippen molar-refractivity contribution in [1.82, 2.24) is 5.32 Å². The predicted molar refractivity (Wildman–Crippen MR) is 66.2 cm³/mol. The molecular weight excluding hydrogens is 214 g/mol. The van der Waals surface area contributed by atoms with Crippen molar-refractivity contribution in [3.63, 3.8) is 0 Å². The van der Waals surface area contributed by atoms with Gasteiger partial charge in [-0.05, 0) is 42.9 Å². The third-order valence-corrected chi connectivity index (χ3v) is 4.55. The first-order valence-corrected chi connectivity index (χ1v) is 6.80. The summed E-state index contributed by atoms with van der Waals surface area (Å²) in [5.74, 6) is 1.19. The van der Waals surface area contributed by atoms with Crippen LogP contribution in [0.3, 0.4) is 0 Å². The number of nitrogens with one attached hydrogen (secondary N) is 1. The minimum atomic E-state index is -0.0685. The van der Waals surface area contributed by atoms with E-state index in [0.717, 1.165) is 19.3 Å². The van der Waals surface area contributed by atoms with Crippen LogP contribution in [0.4, 0.5) is 0 Å². The highest BCUT2D eigenvalue weighted by molar-refractivity contribution is 5.99. The first kappa shape index (κ1) is 12.6. The molecule has 2 fully saturated rings. The van der Waals surface area contributed by atoms with Gasteiger partial charge >= 0.3 is 0 Å². The number of hydrogen-bond acceptors (Lipinski definition) is 2. The molecule has 2 amide bonds. The van der Waals surface area contributed by atoms with Crippen molar-refractivity contribution < 1.29 is 9.59 Å². The number of carbonyl (C=O) groups excluding carboxylic acids is 2. The molecule has 1 heterocycles. The Labute approximate surface area is 103 Å². The van der Waals surface area contributed by atoms with Gasteiger partial charge in [0.25, 0.3) is 0 Å². The highest BCUT2D eigenvalue weighted by Crippen LogP contribution is 2.51. The van der Waals surface area contributed by atoms with Gasteiger partial charge in [0, 0.05) is 12.3 Å². The molecular formula is C14H23NO2. The highest BCUT2D eigenvalue weighted by atomic mass is 16.2. The van der Waals surface area contributed by atoms with Crippen LogP contribution in [0.15, 0.2) is 0 Å². The maximum Gasteiger partial charge on any atom is 0.230 e. The maximum atomic E-state index is 12.0. The fourth-order valence-corrected chi connectivity index (χ4v) is 4.36. The third-order valence-electron chi connectivity index (χ3n) is 4.55. The summed E-state index contributed by atoms with van der Waals surface area (Å²) >= 11 is 0. The van der Waals surface area contributed by atoms with Gasteiger partial charge in [-0.1, -0.05) is 20.8 Å². The van der Waals surface area contributed by atoms with Crippen LogP contribution in [-0.4, -0.2) is 11.8 Å². The normalized spacial score (nSPS) is 42.6. The molecule has 1 spiro atoms. The lowest BCUT2D eigenvalue weighted by atomic mass is 9.57. The number of piperidine rings is 1. The molecule has 1 aliphatic carbocycles. The molecule has 1 aliphatic heterocycles. The average molecular weight is 237 g/mol. The van der Waals surface area contributed by atoms with Crippen molar-refractivity contribution in [1.29, 1.82) is 0 Å². The van der Waals surface area contributed by atoms with Gasteiger partial charge in [0.15, 0.2) is 0 Å². The molecule has 3 atom stereocenters. The van der Waals surface area contributed by atoms with Gasteiger partial charge in [-0.15, -0.1) is 0 Å². The standard InChI is InChI=1S/C14H23NO2/c1-4-11-13(17)15-12(16)8-14(11)6-9(2)5-10(3)7-14/h9-11H,4-8H2,1-3H3,(H,15,16,17). The number of imide groups is 1. The summed E-state index contributed by atoms with van der Waals surface area (Å²) < 4.78 is 0. The molecule has 3 nitrogen and oxygen atoms in total. The molecule has 1 saturated carbocycles. The highest BCUT2D eigenvalue weighted by Gasteiger charge is 2.50. The molecule has 1 saturated heterocycles. The lowest BCUT2D eigenvalue weighted by Crippen LogP contribution is -2.54. The van der Waals surface area contributed by atoms with Crippen LogP contribution in [0.5, 0.6) is 0 Å². The molecule has 0 radical (unpaired) electrons. The summed E-state index contributed by atoms with van der Waals surface area (Å²) in [5.41, 5.74) is -0.0503. The van der Waals surface area contributed by atoms with E-state index in [1.807, 2.05) is 0 Å². The molecule has 17 heavy (non-hydrogen) atoms. The molecule has 0 bridgehead atoms. The van der Waals surface area contributed by atoms with Crippen molar-refractivity contribution in [3.8, 4) is 0 Å². The Balaban J connectivity index is 2.30. The van der Waals surface area contributed by atoms with Crippen molar-refractivity contribution in [2.45, 2.75) is 52.9 Å². The van der Waals surface area contributed by atoms with Crippen molar-refractivity contribution in [2.75, 3.05) is 0 Å². The Hall–Kier alpha value is -0.860. The fraction of sp³-hybridized carbons (Fsp3) is 0.857. The van der Waals surface area contributed by atoms with E-state index < -0.39 is 0 Å². The zero-order chi connectivity index (χ0) is 12.6. The van der Waals surface area contributed by atoms with Crippen molar-refractivity contribution in [2.24, 2.45) is 23.2 Å². The van der Waals surface area contributed by atoms with Crippen molar-refractivity contribution in [3.05, 3.63) is 0 Å². The second kappa shape index (κ2) is 4.43. The quantitative estimate of drug-likeness (QED) is 0.712. The SMILES string of the molecule is CCC1C(=O)NC(=O)CC12CC(C)CC(C)C2. The van der Waals surface area contributed by atoms with Crippen LogP contribution in [0.1, 0.15) is 52.9 Å². The number of carbonyl (C=O) groups is 2. The smallest absolute Gasteiger partial charge is 0.230 e.